The van der Waals surface area contributed by atoms with Crippen molar-refractivity contribution in [1.29, 1.82) is 0 Å². The Morgan fingerprint density at radius 2 is 1.88 bits per heavy atom. The Bertz CT molecular complexity index is 295. The lowest BCUT2D eigenvalue weighted by Crippen LogP contribution is -2.41. The van der Waals surface area contributed by atoms with Crippen LogP contribution in [0.25, 0.3) is 0 Å². The minimum Gasteiger partial charge on any atom is -0.453 e. The first kappa shape index (κ1) is 14.0. The van der Waals surface area contributed by atoms with Gasteiger partial charge in [0.25, 0.3) is 5.91 Å². The molecule has 0 unspecified atom stereocenters. The van der Waals surface area contributed by atoms with Gasteiger partial charge in [0, 0.05) is 13.1 Å². The summed E-state index contributed by atoms with van der Waals surface area (Å²) in [6, 6.07) is 0.0655. The van der Waals surface area contributed by atoms with E-state index in [1.807, 2.05) is 13.8 Å². The SMILES string of the molecule is CC(C)N(C)C(=O)COC(=O)C1(O)CCCC1. The second kappa shape index (κ2) is 5.49. The van der Waals surface area contributed by atoms with Gasteiger partial charge in [0.15, 0.2) is 12.2 Å². The standard InChI is InChI=1S/C12H21NO4/c1-9(2)13(3)10(14)8-17-11(15)12(16)6-4-5-7-12/h9,16H,4-8H2,1-3H3. The number of hydrogen-bond donors (Lipinski definition) is 1. The highest BCUT2D eigenvalue weighted by Crippen LogP contribution is 2.30. The fourth-order valence-corrected chi connectivity index (χ4v) is 1.82. The van der Waals surface area contributed by atoms with E-state index in [4.69, 9.17) is 4.74 Å². The molecule has 5 heteroatoms. The average Bonchev–Trinajstić information content (AvgIpc) is 2.72. The van der Waals surface area contributed by atoms with Crippen molar-refractivity contribution in [3.8, 4) is 0 Å². The zero-order valence-corrected chi connectivity index (χ0v) is 10.7. The number of rotatable bonds is 4. The van der Waals surface area contributed by atoms with Crippen LogP contribution in [0, 0.1) is 0 Å². The van der Waals surface area contributed by atoms with Crippen LogP contribution in [0.5, 0.6) is 0 Å². The summed E-state index contributed by atoms with van der Waals surface area (Å²) in [4.78, 5) is 24.7. The minimum absolute atomic E-state index is 0.0655. The number of ether oxygens (including phenoxy) is 1. The van der Waals surface area contributed by atoms with Crippen LogP contribution in [0.15, 0.2) is 0 Å². The van der Waals surface area contributed by atoms with E-state index >= 15 is 0 Å². The van der Waals surface area contributed by atoms with Gasteiger partial charge in [0.05, 0.1) is 0 Å². The summed E-state index contributed by atoms with van der Waals surface area (Å²) in [5.74, 6) is -0.921. The highest BCUT2D eigenvalue weighted by atomic mass is 16.6. The van der Waals surface area contributed by atoms with Crippen LogP contribution in [-0.2, 0) is 14.3 Å². The maximum atomic E-state index is 11.6. The smallest absolute Gasteiger partial charge is 0.338 e. The first-order chi connectivity index (χ1) is 7.87. The third-order valence-corrected chi connectivity index (χ3v) is 3.31. The van der Waals surface area contributed by atoms with E-state index in [0.717, 1.165) is 12.8 Å². The third kappa shape index (κ3) is 3.43. The van der Waals surface area contributed by atoms with E-state index in [1.165, 1.54) is 4.90 Å². The zero-order valence-electron chi connectivity index (χ0n) is 10.7. The van der Waals surface area contributed by atoms with Crippen molar-refractivity contribution in [2.45, 2.75) is 51.2 Å². The molecule has 1 amide bonds. The van der Waals surface area contributed by atoms with Gasteiger partial charge in [-0.2, -0.15) is 0 Å². The highest BCUT2D eigenvalue weighted by Gasteiger charge is 2.40. The van der Waals surface area contributed by atoms with Gasteiger partial charge in [-0.3, -0.25) is 4.79 Å². The predicted octanol–water partition coefficient (Wildman–Crippen LogP) is 0.701. The number of carbonyl (C=O) groups is 2. The minimum atomic E-state index is -1.36. The Kier molecular flexibility index (Phi) is 4.51. The van der Waals surface area contributed by atoms with Crippen LogP contribution >= 0.6 is 0 Å². The Balaban J connectivity index is 2.40. The third-order valence-electron chi connectivity index (χ3n) is 3.31. The molecule has 1 rings (SSSR count). The second-order valence-corrected chi connectivity index (χ2v) is 4.91. The lowest BCUT2D eigenvalue weighted by Gasteiger charge is -2.23. The first-order valence-electron chi connectivity index (χ1n) is 6.02. The molecule has 1 aliphatic rings. The lowest BCUT2D eigenvalue weighted by atomic mass is 10.0. The molecule has 1 N–H and O–H groups in total. The maximum Gasteiger partial charge on any atom is 0.338 e. The molecule has 0 aromatic rings. The molecule has 0 atom stereocenters. The number of hydrogen-bond acceptors (Lipinski definition) is 4. The molecule has 0 aliphatic heterocycles. The highest BCUT2D eigenvalue weighted by molar-refractivity contribution is 5.84. The number of esters is 1. The zero-order chi connectivity index (χ0) is 13.1. The van der Waals surface area contributed by atoms with Crippen LogP contribution in [0.2, 0.25) is 0 Å². The predicted molar refractivity (Wildman–Crippen MR) is 62.3 cm³/mol. The molecule has 98 valence electrons. The van der Waals surface area contributed by atoms with Gasteiger partial charge in [-0.25, -0.2) is 4.79 Å². The van der Waals surface area contributed by atoms with Crippen molar-refractivity contribution >= 4 is 11.9 Å². The van der Waals surface area contributed by atoms with Crippen LogP contribution in [-0.4, -0.2) is 47.2 Å². The van der Waals surface area contributed by atoms with Crippen molar-refractivity contribution in [2.24, 2.45) is 0 Å². The molecule has 1 fully saturated rings. The number of aliphatic hydroxyl groups is 1. The topological polar surface area (TPSA) is 66.8 Å². The van der Waals surface area contributed by atoms with E-state index < -0.39 is 11.6 Å². The normalized spacial score (nSPS) is 18.2. The molecule has 0 aromatic carbocycles. The van der Waals surface area contributed by atoms with Crippen LogP contribution < -0.4 is 0 Å². The van der Waals surface area contributed by atoms with Crippen LogP contribution in [0.3, 0.4) is 0 Å². The van der Waals surface area contributed by atoms with Crippen molar-refractivity contribution in [3.05, 3.63) is 0 Å². The summed E-state index contributed by atoms with van der Waals surface area (Å²) in [7, 11) is 1.66. The Labute approximate surface area is 102 Å². The molecule has 1 saturated carbocycles. The summed E-state index contributed by atoms with van der Waals surface area (Å²) in [5.41, 5.74) is -1.36. The average molecular weight is 243 g/mol. The molecule has 17 heavy (non-hydrogen) atoms. The number of nitrogens with zero attached hydrogens (tertiary/aromatic N) is 1. The van der Waals surface area contributed by atoms with E-state index in [0.29, 0.717) is 12.8 Å². The van der Waals surface area contributed by atoms with E-state index in [1.54, 1.807) is 7.05 Å². The first-order valence-corrected chi connectivity index (χ1v) is 6.02. The fourth-order valence-electron chi connectivity index (χ4n) is 1.82. The number of carbonyl (C=O) groups excluding carboxylic acids is 2. The van der Waals surface area contributed by atoms with Gasteiger partial charge in [0.2, 0.25) is 0 Å². The molecule has 0 aromatic heterocycles. The lowest BCUT2D eigenvalue weighted by molar-refractivity contribution is -0.168. The number of likely N-dealkylation sites (N-methyl/N-ethyl adjacent to an activating group) is 1. The van der Waals surface area contributed by atoms with Crippen molar-refractivity contribution in [1.82, 2.24) is 4.90 Å². The second-order valence-electron chi connectivity index (χ2n) is 4.91. The maximum absolute atomic E-state index is 11.6. The molecule has 0 spiro atoms. The summed E-state index contributed by atoms with van der Waals surface area (Å²) in [6.07, 6.45) is 2.51. The van der Waals surface area contributed by atoms with Crippen molar-refractivity contribution in [3.63, 3.8) is 0 Å². The molecular weight excluding hydrogens is 222 g/mol. The summed E-state index contributed by atoms with van der Waals surface area (Å²) < 4.78 is 4.88. The van der Waals surface area contributed by atoms with Crippen LogP contribution in [0.4, 0.5) is 0 Å². The molecule has 1 aliphatic carbocycles. The van der Waals surface area contributed by atoms with Gasteiger partial charge < -0.3 is 14.7 Å². The van der Waals surface area contributed by atoms with Crippen molar-refractivity contribution in [2.75, 3.05) is 13.7 Å². The van der Waals surface area contributed by atoms with E-state index in [2.05, 4.69) is 0 Å². The quantitative estimate of drug-likeness (QED) is 0.738. The Morgan fingerprint density at radius 3 is 2.35 bits per heavy atom. The fraction of sp³-hybridized carbons (Fsp3) is 0.833. The van der Waals surface area contributed by atoms with Crippen molar-refractivity contribution < 1.29 is 19.4 Å². The van der Waals surface area contributed by atoms with Crippen LogP contribution in [0.1, 0.15) is 39.5 Å². The molecule has 0 bridgehead atoms. The van der Waals surface area contributed by atoms with E-state index in [-0.39, 0.29) is 18.6 Å². The molecule has 0 saturated heterocycles. The van der Waals surface area contributed by atoms with Gasteiger partial charge in [-0.05, 0) is 39.5 Å². The molecule has 0 radical (unpaired) electrons. The summed E-state index contributed by atoms with van der Waals surface area (Å²) >= 11 is 0. The van der Waals surface area contributed by atoms with Gasteiger partial charge in [-0.15, -0.1) is 0 Å². The Hall–Kier alpha value is -1.10. The van der Waals surface area contributed by atoms with E-state index in [9.17, 15) is 14.7 Å². The largest absolute Gasteiger partial charge is 0.453 e. The monoisotopic (exact) mass is 243 g/mol. The summed E-state index contributed by atoms with van der Waals surface area (Å²) in [5, 5.41) is 9.92. The van der Waals surface area contributed by atoms with Gasteiger partial charge >= 0.3 is 5.97 Å². The molecular formula is C12H21NO4. The van der Waals surface area contributed by atoms with Gasteiger partial charge in [0.1, 0.15) is 0 Å². The molecule has 0 heterocycles. The van der Waals surface area contributed by atoms with Gasteiger partial charge in [-0.1, -0.05) is 0 Å². The number of amides is 1. The Morgan fingerprint density at radius 1 is 1.35 bits per heavy atom. The molecule has 5 nitrogen and oxygen atoms in total. The summed E-state index contributed by atoms with van der Waals surface area (Å²) in [6.45, 7) is 3.46.